The van der Waals surface area contributed by atoms with Gasteiger partial charge in [0.25, 0.3) is 0 Å². The lowest BCUT2D eigenvalue weighted by atomic mass is 9.81. The van der Waals surface area contributed by atoms with Crippen LogP contribution in [0.1, 0.15) is 61.4 Å². The molecule has 0 radical (unpaired) electrons. The minimum absolute atomic E-state index is 0.00476. The molecule has 1 aromatic carbocycles. The number of carbonyl (C=O) groups is 1. The Hall–Kier alpha value is -2.55. The Balaban J connectivity index is 1.20. The normalized spacial score (nSPS) is 26.0. The topological polar surface area (TPSA) is 83.9 Å². The van der Waals surface area contributed by atoms with Crippen LogP contribution < -0.4 is 5.32 Å². The van der Waals surface area contributed by atoms with Gasteiger partial charge < -0.3 is 19.9 Å². The van der Waals surface area contributed by atoms with Crippen molar-refractivity contribution in [2.24, 2.45) is 5.92 Å². The monoisotopic (exact) mass is 511 g/mol. The third kappa shape index (κ3) is 6.48. The Morgan fingerprint density at radius 2 is 2.03 bits per heavy atom. The maximum Gasteiger partial charge on any atom is 0.317 e. The lowest BCUT2D eigenvalue weighted by molar-refractivity contribution is -0.140. The first-order chi connectivity index (χ1) is 18.1. The Morgan fingerprint density at radius 1 is 1.16 bits per heavy atom. The molecule has 7 nitrogen and oxygen atoms in total. The summed E-state index contributed by atoms with van der Waals surface area (Å²) >= 11 is 0. The molecule has 2 saturated heterocycles. The number of fused-ring (bicyclic) bond motifs is 1. The average molecular weight is 512 g/mol. The van der Waals surface area contributed by atoms with Crippen molar-refractivity contribution in [2.75, 3.05) is 38.2 Å². The van der Waals surface area contributed by atoms with E-state index >= 15 is 0 Å². The molecule has 5 rings (SSSR count). The van der Waals surface area contributed by atoms with E-state index in [1.807, 2.05) is 4.90 Å². The Labute approximate surface area is 218 Å². The smallest absolute Gasteiger partial charge is 0.317 e. The number of carboxylic acids is 1. The van der Waals surface area contributed by atoms with Crippen LogP contribution in [-0.2, 0) is 27.1 Å². The fourth-order valence-electron chi connectivity index (χ4n) is 6.24. The largest absolute Gasteiger partial charge is 0.480 e. The number of rotatable bonds is 10. The van der Waals surface area contributed by atoms with Gasteiger partial charge in [0, 0.05) is 44.0 Å². The van der Waals surface area contributed by atoms with Crippen molar-refractivity contribution in [3.63, 3.8) is 0 Å². The number of benzene rings is 1. The number of aryl methyl sites for hydroxylation is 2. The fourth-order valence-corrected chi connectivity index (χ4v) is 6.24. The van der Waals surface area contributed by atoms with E-state index in [-0.39, 0.29) is 36.5 Å². The molecule has 37 heavy (non-hydrogen) atoms. The van der Waals surface area contributed by atoms with E-state index < -0.39 is 5.97 Å². The predicted molar refractivity (Wildman–Crippen MR) is 139 cm³/mol. The third-order valence-electron chi connectivity index (χ3n) is 7.96. The molecule has 2 unspecified atom stereocenters. The van der Waals surface area contributed by atoms with E-state index in [0.29, 0.717) is 19.8 Å². The van der Waals surface area contributed by atoms with Crippen molar-refractivity contribution in [1.29, 1.82) is 0 Å². The summed E-state index contributed by atoms with van der Waals surface area (Å²) in [5.74, 6) is 0.0382. The minimum atomic E-state index is -0.826. The van der Waals surface area contributed by atoms with Gasteiger partial charge in [-0.15, -0.1) is 0 Å². The van der Waals surface area contributed by atoms with Crippen LogP contribution in [-0.4, -0.2) is 66.0 Å². The van der Waals surface area contributed by atoms with Crippen molar-refractivity contribution < 1.29 is 23.8 Å². The third-order valence-corrected chi connectivity index (χ3v) is 7.96. The lowest BCUT2D eigenvalue weighted by Gasteiger charge is -2.41. The summed E-state index contributed by atoms with van der Waals surface area (Å²) in [6.45, 7) is 2.98. The summed E-state index contributed by atoms with van der Waals surface area (Å²) < 4.78 is 26.2. The van der Waals surface area contributed by atoms with E-state index in [2.05, 4.69) is 17.4 Å². The van der Waals surface area contributed by atoms with Crippen LogP contribution in [0.15, 0.2) is 36.4 Å². The van der Waals surface area contributed by atoms with Crippen LogP contribution in [0.4, 0.5) is 10.2 Å². The second-order valence-corrected chi connectivity index (χ2v) is 10.5. The maximum atomic E-state index is 13.6. The molecule has 0 bridgehead atoms. The first-order valence-corrected chi connectivity index (χ1v) is 13.8. The highest BCUT2D eigenvalue weighted by Crippen LogP contribution is 2.41. The van der Waals surface area contributed by atoms with Gasteiger partial charge in [-0.1, -0.05) is 18.2 Å². The number of aromatic nitrogens is 1. The van der Waals surface area contributed by atoms with Crippen LogP contribution in [0, 0.1) is 11.7 Å². The Morgan fingerprint density at radius 3 is 2.86 bits per heavy atom. The van der Waals surface area contributed by atoms with Gasteiger partial charge in [-0.25, -0.2) is 9.37 Å². The van der Waals surface area contributed by atoms with Crippen LogP contribution in [0.2, 0.25) is 0 Å². The van der Waals surface area contributed by atoms with Crippen molar-refractivity contribution >= 4 is 11.8 Å². The van der Waals surface area contributed by atoms with Crippen LogP contribution >= 0.6 is 0 Å². The van der Waals surface area contributed by atoms with Gasteiger partial charge in [0.1, 0.15) is 11.6 Å². The molecular formula is C29H38FN3O4. The lowest BCUT2D eigenvalue weighted by Crippen LogP contribution is -2.48. The molecule has 0 amide bonds. The number of ether oxygens (including phenoxy) is 2. The van der Waals surface area contributed by atoms with Gasteiger partial charge in [-0.05, 0) is 80.7 Å². The van der Waals surface area contributed by atoms with Gasteiger partial charge in [-0.2, -0.15) is 0 Å². The summed E-state index contributed by atoms with van der Waals surface area (Å²) in [7, 11) is 0. The molecular weight excluding hydrogens is 473 g/mol. The van der Waals surface area contributed by atoms with Crippen molar-refractivity contribution in [3.8, 4) is 0 Å². The van der Waals surface area contributed by atoms with Crippen LogP contribution in [0.25, 0.3) is 0 Å². The van der Waals surface area contributed by atoms with Gasteiger partial charge in [-0.3, -0.25) is 9.69 Å². The number of aliphatic carboxylic acids is 1. The SMILES string of the molecule is O=C(O)CN1CC[C@@H](OCCCCc2ccc3c(n2)NCCC3)C1C1CCCO[C@@H]1c1ccc(F)cc1. The van der Waals surface area contributed by atoms with E-state index in [1.54, 1.807) is 12.1 Å². The molecule has 4 heterocycles. The molecule has 0 aliphatic carbocycles. The summed E-state index contributed by atoms with van der Waals surface area (Å²) in [6, 6.07) is 10.8. The maximum absolute atomic E-state index is 13.6. The van der Waals surface area contributed by atoms with E-state index in [9.17, 15) is 14.3 Å². The number of nitrogens with zero attached hydrogens (tertiary/aromatic N) is 2. The number of pyridine rings is 1. The molecule has 1 aromatic heterocycles. The van der Waals surface area contributed by atoms with Crippen molar-refractivity contribution in [2.45, 2.75) is 69.6 Å². The standard InChI is InChI=1S/C29H38FN3O4/c30-22-11-8-20(9-12-22)28-24(7-4-18-37-28)27-25(14-16-33(27)19-26(34)35)36-17-2-1-6-23-13-10-21-5-3-15-31-29(21)32-23/h8-13,24-25,27-28H,1-7,14-19H2,(H,31,32)(H,34,35)/t24?,25-,27?,28-/m1/s1. The zero-order chi connectivity index (χ0) is 25.6. The van der Waals surface area contributed by atoms with Gasteiger partial charge in [0.05, 0.1) is 18.8 Å². The van der Waals surface area contributed by atoms with E-state index in [1.165, 1.54) is 17.7 Å². The van der Waals surface area contributed by atoms with Crippen LogP contribution in [0.5, 0.6) is 0 Å². The van der Waals surface area contributed by atoms with E-state index in [0.717, 1.165) is 75.0 Å². The Bertz CT molecular complexity index is 1050. The molecule has 8 heteroatoms. The number of hydrogen-bond acceptors (Lipinski definition) is 6. The summed E-state index contributed by atoms with van der Waals surface area (Å²) in [5.41, 5.74) is 3.36. The number of nitrogens with one attached hydrogen (secondary N) is 1. The van der Waals surface area contributed by atoms with Crippen molar-refractivity contribution in [3.05, 3.63) is 59.0 Å². The first-order valence-electron chi connectivity index (χ1n) is 13.8. The number of likely N-dealkylation sites (tertiary alicyclic amines) is 1. The minimum Gasteiger partial charge on any atom is -0.480 e. The quantitative estimate of drug-likeness (QED) is 0.451. The number of halogens is 1. The molecule has 0 spiro atoms. The van der Waals surface area contributed by atoms with E-state index in [4.69, 9.17) is 14.5 Å². The fraction of sp³-hybridized carbons (Fsp3) is 0.586. The molecule has 3 aliphatic heterocycles. The zero-order valence-electron chi connectivity index (χ0n) is 21.4. The number of hydrogen-bond donors (Lipinski definition) is 2. The number of unbranched alkanes of at least 4 members (excludes halogenated alkanes) is 1. The highest BCUT2D eigenvalue weighted by molar-refractivity contribution is 5.69. The highest BCUT2D eigenvalue weighted by Gasteiger charge is 2.45. The molecule has 2 fully saturated rings. The van der Waals surface area contributed by atoms with Crippen molar-refractivity contribution in [1.82, 2.24) is 9.88 Å². The molecule has 0 saturated carbocycles. The molecule has 200 valence electrons. The first kappa shape index (κ1) is 26.1. The predicted octanol–water partition coefficient (Wildman–Crippen LogP) is 4.61. The molecule has 3 aliphatic rings. The zero-order valence-corrected chi connectivity index (χ0v) is 21.4. The summed E-state index contributed by atoms with van der Waals surface area (Å²) in [6.07, 6.45) is 7.53. The molecule has 4 atom stereocenters. The molecule has 2 N–H and O–H groups in total. The Kier molecular flexibility index (Phi) is 8.69. The molecule has 2 aromatic rings. The second kappa shape index (κ2) is 12.3. The average Bonchev–Trinajstić information content (AvgIpc) is 3.30. The van der Waals surface area contributed by atoms with Crippen LogP contribution in [0.3, 0.4) is 0 Å². The summed E-state index contributed by atoms with van der Waals surface area (Å²) in [4.78, 5) is 18.5. The summed E-state index contributed by atoms with van der Waals surface area (Å²) in [5, 5.41) is 13.0. The number of carboxylic acid groups (broad SMARTS) is 1. The second-order valence-electron chi connectivity index (χ2n) is 10.5. The number of anilines is 1. The van der Waals surface area contributed by atoms with Gasteiger partial charge in [0.2, 0.25) is 0 Å². The van der Waals surface area contributed by atoms with Gasteiger partial charge in [0.15, 0.2) is 0 Å². The van der Waals surface area contributed by atoms with Gasteiger partial charge >= 0.3 is 5.97 Å². The highest BCUT2D eigenvalue weighted by atomic mass is 19.1.